The molecule has 2 nitrogen and oxygen atoms in total. The Bertz CT molecular complexity index is 643. The topological polar surface area (TPSA) is 35.2 Å². The van der Waals surface area contributed by atoms with Gasteiger partial charge in [-0.3, -0.25) is 0 Å². The Morgan fingerprint density at radius 2 is 1.75 bits per heavy atom. The first-order valence-corrected chi connectivity index (χ1v) is 5.75. The lowest BCUT2D eigenvalue weighted by atomic mass is 10.2. The smallest absolute Gasteiger partial charge is 0.419 e. The van der Waals surface area contributed by atoms with E-state index in [9.17, 15) is 17.6 Å². The number of nitrogens with two attached hydrogens (primary N) is 1. The van der Waals surface area contributed by atoms with E-state index in [1.165, 1.54) is 18.2 Å². The minimum absolute atomic E-state index is 0.126. The summed E-state index contributed by atoms with van der Waals surface area (Å²) in [6.45, 7) is 0. The van der Waals surface area contributed by atoms with E-state index in [4.69, 9.17) is 22.1 Å². The van der Waals surface area contributed by atoms with E-state index in [0.717, 1.165) is 6.07 Å². The highest BCUT2D eigenvalue weighted by Gasteiger charge is 2.34. The molecule has 7 heteroatoms. The molecule has 0 atom stereocenters. The van der Waals surface area contributed by atoms with E-state index >= 15 is 0 Å². The van der Waals surface area contributed by atoms with E-state index in [1.54, 1.807) is 0 Å². The minimum atomic E-state index is -4.80. The van der Waals surface area contributed by atoms with Crippen molar-refractivity contribution in [3.8, 4) is 11.5 Å². The van der Waals surface area contributed by atoms with Gasteiger partial charge < -0.3 is 10.5 Å². The summed E-state index contributed by atoms with van der Waals surface area (Å²) in [5.41, 5.74) is 4.47. The summed E-state index contributed by atoms with van der Waals surface area (Å²) in [6.07, 6.45) is -4.80. The van der Waals surface area contributed by atoms with Gasteiger partial charge in [0.1, 0.15) is 17.3 Å². The van der Waals surface area contributed by atoms with Crippen molar-refractivity contribution in [2.24, 2.45) is 0 Å². The zero-order valence-corrected chi connectivity index (χ0v) is 10.6. The van der Waals surface area contributed by atoms with Gasteiger partial charge in [0.2, 0.25) is 0 Å². The Kier molecular flexibility index (Phi) is 3.76. The van der Waals surface area contributed by atoms with Crippen molar-refractivity contribution in [3.63, 3.8) is 0 Å². The Balaban J connectivity index is 2.35. The Morgan fingerprint density at radius 1 is 1.05 bits per heavy atom. The van der Waals surface area contributed by atoms with Crippen LogP contribution in [-0.2, 0) is 6.18 Å². The number of ether oxygens (including phenoxy) is 1. The van der Waals surface area contributed by atoms with Crippen molar-refractivity contribution < 1.29 is 22.3 Å². The van der Waals surface area contributed by atoms with Crippen LogP contribution >= 0.6 is 11.6 Å². The van der Waals surface area contributed by atoms with Crippen molar-refractivity contribution in [3.05, 3.63) is 52.8 Å². The SMILES string of the molecule is Nc1ccc(Oc2ccc(F)c(C(F)(F)F)c2)c(Cl)c1. The molecular formula is C13H8ClF4NO. The second-order valence-electron chi connectivity index (χ2n) is 3.93. The van der Waals surface area contributed by atoms with Gasteiger partial charge in [-0.15, -0.1) is 0 Å². The third-order valence-corrected chi connectivity index (χ3v) is 2.72. The fourth-order valence-corrected chi connectivity index (χ4v) is 1.74. The number of anilines is 1. The predicted octanol–water partition coefficient (Wildman–Crippen LogP) is 4.87. The molecule has 0 saturated heterocycles. The molecule has 0 saturated carbocycles. The largest absolute Gasteiger partial charge is 0.456 e. The lowest BCUT2D eigenvalue weighted by Gasteiger charge is -2.12. The third-order valence-electron chi connectivity index (χ3n) is 2.43. The normalized spacial score (nSPS) is 11.4. The van der Waals surface area contributed by atoms with Crippen molar-refractivity contribution in [2.45, 2.75) is 6.18 Å². The highest BCUT2D eigenvalue weighted by molar-refractivity contribution is 6.32. The van der Waals surface area contributed by atoms with Crippen molar-refractivity contribution >= 4 is 17.3 Å². The lowest BCUT2D eigenvalue weighted by molar-refractivity contribution is -0.140. The summed E-state index contributed by atoms with van der Waals surface area (Å²) in [5.74, 6) is -1.42. The molecule has 0 spiro atoms. The van der Waals surface area contributed by atoms with Gasteiger partial charge in [0, 0.05) is 5.69 Å². The summed E-state index contributed by atoms with van der Waals surface area (Å²) in [5, 5.41) is 0.142. The number of rotatable bonds is 2. The number of benzene rings is 2. The van der Waals surface area contributed by atoms with Gasteiger partial charge in [-0.2, -0.15) is 13.2 Å². The summed E-state index contributed by atoms with van der Waals surface area (Å²) < 4.78 is 56.0. The van der Waals surface area contributed by atoms with E-state index in [1.807, 2.05) is 0 Å². The Hall–Kier alpha value is -1.95. The van der Waals surface area contributed by atoms with E-state index in [2.05, 4.69) is 0 Å². The maximum atomic E-state index is 13.1. The first kappa shape index (κ1) is 14.5. The van der Waals surface area contributed by atoms with Crippen LogP contribution < -0.4 is 10.5 Å². The lowest BCUT2D eigenvalue weighted by Crippen LogP contribution is -2.08. The monoisotopic (exact) mass is 305 g/mol. The second kappa shape index (κ2) is 5.20. The zero-order chi connectivity index (χ0) is 14.9. The highest BCUT2D eigenvalue weighted by atomic mass is 35.5. The van der Waals surface area contributed by atoms with Gasteiger partial charge in [0.05, 0.1) is 10.6 Å². The number of hydrogen-bond acceptors (Lipinski definition) is 2. The molecule has 0 bridgehead atoms. The van der Waals surface area contributed by atoms with Crippen LogP contribution in [0.3, 0.4) is 0 Å². The van der Waals surface area contributed by atoms with Crippen molar-refractivity contribution in [1.29, 1.82) is 0 Å². The average Bonchev–Trinajstić information content (AvgIpc) is 2.33. The third kappa shape index (κ3) is 3.14. The molecule has 0 aliphatic carbocycles. The molecular weight excluding hydrogens is 298 g/mol. The summed E-state index contributed by atoms with van der Waals surface area (Å²) in [6, 6.07) is 6.62. The van der Waals surface area contributed by atoms with Crippen LogP contribution in [-0.4, -0.2) is 0 Å². The van der Waals surface area contributed by atoms with E-state index < -0.39 is 17.6 Å². The maximum absolute atomic E-state index is 13.1. The molecule has 2 aromatic carbocycles. The van der Waals surface area contributed by atoms with Gasteiger partial charge >= 0.3 is 6.18 Å². The van der Waals surface area contributed by atoms with Crippen LogP contribution in [0.2, 0.25) is 5.02 Å². The van der Waals surface area contributed by atoms with Crippen LogP contribution in [0.4, 0.5) is 23.2 Å². The van der Waals surface area contributed by atoms with E-state index in [0.29, 0.717) is 17.8 Å². The van der Waals surface area contributed by atoms with Gasteiger partial charge in [-0.05, 0) is 36.4 Å². The molecule has 0 aliphatic heterocycles. The van der Waals surface area contributed by atoms with Gasteiger partial charge in [-0.1, -0.05) is 11.6 Å². The molecule has 0 heterocycles. The van der Waals surface area contributed by atoms with E-state index in [-0.39, 0.29) is 16.5 Å². The molecule has 2 rings (SSSR count). The van der Waals surface area contributed by atoms with Crippen LogP contribution in [0.1, 0.15) is 5.56 Å². The predicted molar refractivity (Wildman–Crippen MR) is 67.3 cm³/mol. The number of nitrogen functional groups attached to an aromatic ring is 1. The average molecular weight is 306 g/mol. The fraction of sp³-hybridized carbons (Fsp3) is 0.0769. The quantitative estimate of drug-likeness (QED) is 0.634. The van der Waals surface area contributed by atoms with Crippen LogP contribution in [0.15, 0.2) is 36.4 Å². The molecule has 0 aliphatic rings. The molecule has 106 valence electrons. The molecule has 0 radical (unpaired) electrons. The molecule has 0 aromatic heterocycles. The molecule has 0 fully saturated rings. The number of halogens is 5. The van der Waals surface area contributed by atoms with Crippen molar-refractivity contribution in [2.75, 3.05) is 5.73 Å². The summed E-state index contributed by atoms with van der Waals surface area (Å²) >= 11 is 5.84. The standard InChI is InChI=1S/C13H8ClF4NO/c14-10-5-7(19)1-4-12(10)20-8-2-3-11(15)9(6-8)13(16,17)18/h1-6H,19H2. The fourth-order valence-electron chi connectivity index (χ4n) is 1.51. The summed E-state index contributed by atoms with van der Waals surface area (Å²) in [4.78, 5) is 0. The van der Waals surface area contributed by atoms with Crippen LogP contribution in [0, 0.1) is 5.82 Å². The van der Waals surface area contributed by atoms with Crippen LogP contribution in [0.5, 0.6) is 11.5 Å². The zero-order valence-electron chi connectivity index (χ0n) is 9.84. The Morgan fingerprint density at radius 3 is 2.35 bits per heavy atom. The summed E-state index contributed by atoms with van der Waals surface area (Å²) in [7, 11) is 0. The number of hydrogen-bond donors (Lipinski definition) is 1. The van der Waals surface area contributed by atoms with Crippen molar-refractivity contribution in [1.82, 2.24) is 0 Å². The Labute approximate surface area is 116 Å². The highest BCUT2D eigenvalue weighted by Crippen LogP contribution is 2.36. The second-order valence-corrected chi connectivity index (χ2v) is 4.34. The maximum Gasteiger partial charge on any atom is 0.419 e. The first-order chi connectivity index (χ1) is 9.27. The van der Waals surface area contributed by atoms with Gasteiger partial charge in [0.15, 0.2) is 0 Å². The van der Waals surface area contributed by atoms with Gasteiger partial charge in [-0.25, -0.2) is 4.39 Å². The van der Waals surface area contributed by atoms with Crippen LogP contribution in [0.25, 0.3) is 0 Å². The number of alkyl halides is 3. The molecule has 20 heavy (non-hydrogen) atoms. The first-order valence-electron chi connectivity index (χ1n) is 5.37. The van der Waals surface area contributed by atoms with Gasteiger partial charge in [0.25, 0.3) is 0 Å². The molecule has 0 unspecified atom stereocenters. The minimum Gasteiger partial charge on any atom is -0.456 e. The molecule has 0 amide bonds. The molecule has 2 N–H and O–H groups in total. The molecule has 2 aromatic rings.